The van der Waals surface area contributed by atoms with Crippen LogP contribution in [0.25, 0.3) is 0 Å². The van der Waals surface area contributed by atoms with Gasteiger partial charge in [-0.2, -0.15) is 0 Å². The molecule has 4 rings (SSSR count). The van der Waals surface area contributed by atoms with E-state index in [9.17, 15) is 15.0 Å². The van der Waals surface area contributed by atoms with Gasteiger partial charge in [0.2, 0.25) is 5.91 Å². The molecular weight excluding hydrogens is 406 g/mol. The van der Waals surface area contributed by atoms with Crippen molar-refractivity contribution >= 4 is 22.8 Å². The number of hydrogen-bond donors (Lipinski definition) is 3. The smallest absolute Gasteiger partial charge is 0.221 e. The lowest BCUT2D eigenvalue weighted by molar-refractivity contribution is -0.128. The molecule has 2 fully saturated rings. The molecule has 8 nitrogen and oxygen atoms in total. The van der Waals surface area contributed by atoms with Gasteiger partial charge in [-0.1, -0.05) is 23.9 Å². The molecule has 0 spiro atoms. The molecule has 4 N–H and O–H groups in total. The third kappa shape index (κ3) is 4.05. The summed E-state index contributed by atoms with van der Waals surface area (Å²) in [6.07, 6.45) is -0.290. The van der Waals surface area contributed by atoms with E-state index in [0.717, 1.165) is 17.1 Å². The van der Waals surface area contributed by atoms with Crippen molar-refractivity contribution in [1.82, 2.24) is 4.90 Å². The molecule has 2 heterocycles. The van der Waals surface area contributed by atoms with Crippen LogP contribution < -0.4 is 10.5 Å². The van der Waals surface area contributed by atoms with E-state index in [-0.39, 0.29) is 11.7 Å². The number of benzene rings is 1. The molecule has 1 aromatic heterocycles. The first-order valence-electron chi connectivity index (χ1n) is 9.76. The second kappa shape index (κ2) is 8.71. The van der Waals surface area contributed by atoms with E-state index in [1.165, 1.54) is 11.8 Å². The van der Waals surface area contributed by atoms with Gasteiger partial charge in [-0.05, 0) is 36.2 Å². The van der Waals surface area contributed by atoms with Crippen molar-refractivity contribution in [3.8, 4) is 5.75 Å². The number of primary amides is 1. The molecule has 5 atom stereocenters. The van der Waals surface area contributed by atoms with E-state index in [1.54, 1.807) is 19.4 Å². The molecule has 0 bridgehead atoms. The van der Waals surface area contributed by atoms with Crippen LogP contribution in [0.3, 0.4) is 0 Å². The predicted molar refractivity (Wildman–Crippen MR) is 113 cm³/mol. The summed E-state index contributed by atoms with van der Waals surface area (Å²) in [5, 5.41) is 21.6. The van der Waals surface area contributed by atoms with Crippen LogP contribution >= 0.6 is 11.8 Å². The zero-order valence-electron chi connectivity index (χ0n) is 16.5. The summed E-state index contributed by atoms with van der Waals surface area (Å²) in [6, 6.07) is 10.8. The molecule has 1 aliphatic carbocycles. The number of aliphatic imine (C=N–C) groups is 1. The minimum Gasteiger partial charge on any atom is -0.497 e. The molecule has 1 aliphatic heterocycles. The van der Waals surface area contributed by atoms with E-state index < -0.39 is 30.1 Å². The molecule has 1 amide bonds. The van der Waals surface area contributed by atoms with Gasteiger partial charge < -0.3 is 30.0 Å². The minimum atomic E-state index is -1.02. The van der Waals surface area contributed by atoms with Crippen molar-refractivity contribution in [1.29, 1.82) is 0 Å². The normalized spacial score (nSPS) is 29.8. The maximum atomic E-state index is 12.1. The van der Waals surface area contributed by atoms with Crippen LogP contribution in [0.4, 0.5) is 0 Å². The average Bonchev–Trinajstić information content (AvgIpc) is 3.38. The maximum Gasteiger partial charge on any atom is 0.221 e. The number of carbonyl (C=O) groups excluding carboxylic acids is 1. The average molecular weight is 432 g/mol. The number of methoxy groups -OCH3 is 1. The number of furan rings is 1. The van der Waals surface area contributed by atoms with Gasteiger partial charge in [-0.15, -0.1) is 0 Å². The minimum absolute atomic E-state index is 0.145. The zero-order valence-corrected chi connectivity index (χ0v) is 17.4. The third-order valence-electron chi connectivity index (χ3n) is 5.65. The van der Waals surface area contributed by atoms with E-state index in [2.05, 4.69) is 0 Å². The summed E-state index contributed by atoms with van der Waals surface area (Å²) in [6.45, 7) is 0.804. The number of rotatable bonds is 6. The highest BCUT2D eigenvalue weighted by Crippen LogP contribution is 2.44. The molecule has 1 saturated carbocycles. The quantitative estimate of drug-likeness (QED) is 0.631. The topological polar surface area (TPSA) is 122 Å². The summed E-state index contributed by atoms with van der Waals surface area (Å²) in [4.78, 5) is 18.7. The Labute approximate surface area is 178 Å². The summed E-state index contributed by atoms with van der Waals surface area (Å²) < 4.78 is 10.6. The maximum absolute atomic E-state index is 12.1. The van der Waals surface area contributed by atoms with Gasteiger partial charge in [-0.25, -0.2) is 0 Å². The number of nitrogens with two attached hydrogens (primary N) is 1. The van der Waals surface area contributed by atoms with Gasteiger partial charge in [0.05, 0.1) is 38.0 Å². The summed E-state index contributed by atoms with van der Waals surface area (Å²) in [5.41, 5.74) is 6.62. The number of amidine groups is 1. The Kier molecular flexibility index (Phi) is 6.03. The monoisotopic (exact) mass is 431 g/mol. The van der Waals surface area contributed by atoms with Gasteiger partial charge >= 0.3 is 0 Å². The Hall–Kier alpha value is -2.49. The van der Waals surface area contributed by atoms with Crippen LogP contribution in [0.1, 0.15) is 17.7 Å². The first kappa shape index (κ1) is 20.8. The number of hydrogen-bond acceptors (Lipinski definition) is 7. The standard InChI is InChI=1S/C21H25N3O5S/c1-28-13-6-4-12(5-7-13)11-24-17-18(26)16(25)9-15(20(22)27)19(17)30-21(24)23-10-14-3-2-8-29-14/h2-8,15-19,25-26H,9-11H2,1H3,(H2,22,27). The molecule has 1 aromatic carbocycles. The van der Waals surface area contributed by atoms with E-state index in [4.69, 9.17) is 19.9 Å². The van der Waals surface area contributed by atoms with Gasteiger partial charge in [0.1, 0.15) is 17.6 Å². The summed E-state index contributed by atoms with van der Waals surface area (Å²) in [5.74, 6) is 0.448. The van der Waals surface area contributed by atoms with Crippen LogP contribution in [-0.4, -0.2) is 56.8 Å². The number of carbonyl (C=O) groups is 1. The number of ether oxygens (including phenoxy) is 1. The molecular formula is C21H25N3O5S. The largest absolute Gasteiger partial charge is 0.497 e. The van der Waals surface area contributed by atoms with Crippen molar-refractivity contribution in [2.24, 2.45) is 16.6 Å². The predicted octanol–water partition coefficient (Wildman–Crippen LogP) is 1.36. The Balaban J connectivity index is 1.66. The molecule has 9 heteroatoms. The lowest BCUT2D eigenvalue weighted by Crippen LogP contribution is -2.58. The molecule has 2 aliphatic rings. The van der Waals surface area contributed by atoms with Crippen LogP contribution in [-0.2, 0) is 17.9 Å². The second-order valence-electron chi connectivity index (χ2n) is 7.53. The van der Waals surface area contributed by atoms with Crippen LogP contribution in [0.2, 0.25) is 0 Å². The van der Waals surface area contributed by atoms with E-state index >= 15 is 0 Å². The van der Waals surface area contributed by atoms with Crippen LogP contribution in [0.5, 0.6) is 5.75 Å². The molecule has 160 valence electrons. The van der Waals surface area contributed by atoms with Crippen LogP contribution in [0.15, 0.2) is 52.1 Å². The number of nitrogens with zero attached hydrogens (tertiary/aromatic N) is 2. The highest BCUT2D eigenvalue weighted by Gasteiger charge is 2.54. The van der Waals surface area contributed by atoms with Crippen molar-refractivity contribution in [2.75, 3.05) is 7.11 Å². The number of aliphatic hydroxyl groups is 2. The summed E-state index contributed by atoms with van der Waals surface area (Å²) in [7, 11) is 1.61. The fourth-order valence-electron chi connectivity index (χ4n) is 4.08. The van der Waals surface area contributed by atoms with Crippen molar-refractivity contribution in [3.63, 3.8) is 0 Å². The van der Waals surface area contributed by atoms with Crippen molar-refractivity contribution in [2.45, 2.75) is 43.0 Å². The Morgan fingerprint density at radius 3 is 2.73 bits per heavy atom. The molecule has 30 heavy (non-hydrogen) atoms. The fraction of sp³-hybridized carbons (Fsp3) is 0.429. The molecule has 5 unspecified atom stereocenters. The van der Waals surface area contributed by atoms with E-state index in [0.29, 0.717) is 18.3 Å². The van der Waals surface area contributed by atoms with Crippen LogP contribution in [0, 0.1) is 5.92 Å². The third-order valence-corrected chi connectivity index (χ3v) is 7.10. The van der Waals surface area contributed by atoms with Gasteiger partial charge in [-0.3, -0.25) is 9.79 Å². The molecule has 0 radical (unpaired) electrons. The zero-order chi connectivity index (χ0) is 21.3. The summed E-state index contributed by atoms with van der Waals surface area (Å²) >= 11 is 1.43. The highest BCUT2D eigenvalue weighted by molar-refractivity contribution is 8.14. The number of thioether (sulfide) groups is 1. The number of fused-ring (bicyclic) bond motifs is 1. The lowest BCUT2D eigenvalue weighted by Gasteiger charge is -2.41. The Morgan fingerprint density at radius 2 is 2.10 bits per heavy atom. The van der Waals surface area contributed by atoms with Gasteiger partial charge in [0, 0.05) is 11.8 Å². The first-order valence-corrected chi connectivity index (χ1v) is 10.6. The Morgan fingerprint density at radius 1 is 1.33 bits per heavy atom. The fourth-order valence-corrected chi connectivity index (χ4v) is 5.64. The van der Waals surface area contributed by atoms with Crippen molar-refractivity contribution in [3.05, 3.63) is 54.0 Å². The van der Waals surface area contributed by atoms with Crippen molar-refractivity contribution < 1.29 is 24.2 Å². The Bertz CT molecular complexity index is 902. The molecule has 1 saturated heterocycles. The highest BCUT2D eigenvalue weighted by atomic mass is 32.2. The SMILES string of the molecule is COc1ccc(CN2C(=NCc3ccco3)SC3C(C(N)=O)CC(O)C(O)C32)cc1. The van der Waals surface area contributed by atoms with E-state index in [1.807, 2.05) is 35.2 Å². The molecule has 2 aromatic rings. The van der Waals surface area contributed by atoms with Gasteiger partial charge in [0.15, 0.2) is 5.17 Å². The number of amides is 1. The number of aliphatic hydroxyl groups excluding tert-OH is 2. The lowest BCUT2D eigenvalue weighted by atomic mass is 9.80. The van der Waals surface area contributed by atoms with Gasteiger partial charge in [0.25, 0.3) is 0 Å². The first-order chi connectivity index (χ1) is 14.5. The second-order valence-corrected chi connectivity index (χ2v) is 8.67.